The Morgan fingerprint density at radius 3 is 2.50 bits per heavy atom. The lowest BCUT2D eigenvalue weighted by molar-refractivity contribution is -0.148. The fourth-order valence-electron chi connectivity index (χ4n) is 2.32. The molecule has 0 amide bonds. The quantitative estimate of drug-likeness (QED) is 0.871. The first-order valence-electron chi connectivity index (χ1n) is 6.41. The zero-order valence-corrected chi connectivity index (χ0v) is 11.8. The second-order valence-corrected chi connectivity index (χ2v) is 4.66. The third kappa shape index (κ3) is 2.47. The molecule has 0 saturated heterocycles. The Kier molecular flexibility index (Phi) is 4.25. The second-order valence-electron chi connectivity index (χ2n) is 4.66. The Labute approximate surface area is 117 Å². The highest BCUT2D eigenvalue weighted by molar-refractivity contribution is 5.89. The number of carbonyl (C=O) groups excluding carboxylic acids is 1. The number of rotatable bonds is 4. The molecule has 0 heterocycles. The maximum absolute atomic E-state index is 11.6. The Bertz CT molecular complexity index is 621. The first-order chi connectivity index (χ1) is 9.60. The van der Waals surface area contributed by atoms with Crippen molar-refractivity contribution in [3.8, 4) is 5.75 Å². The van der Waals surface area contributed by atoms with Gasteiger partial charge in [0.05, 0.1) is 26.2 Å². The van der Waals surface area contributed by atoms with Gasteiger partial charge in [0.25, 0.3) is 0 Å². The van der Waals surface area contributed by atoms with Gasteiger partial charge in [-0.15, -0.1) is 0 Å². The Morgan fingerprint density at radius 2 is 1.85 bits per heavy atom. The van der Waals surface area contributed by atoms with E-state index >= 15 is 0 Å². The number of esters is 1. The normalized spacial score (nSPS) is 13.8. The molecule has 2 unspecified atom stereocenters. The van der Waals surface area contributed by atoms with E-state index in [9.17, 15) is 9.90 Å². The minimum absolute atomic E-state index is 0.451. The topological polar surface area (TPSA) is 55.8 Å². The molecule has 20 heavy (non-hydrogen) atoms. The van der Waals surface area contributed by atoms with Crippen molar-refractivity contribution in [3.05, 3.63) is 42.0 Å². The van der Waals surface area contributed by atoms with Crippen LogP contribution in [0.2, 0.25) is 0 Å². The average molecular weight is 274 g/mol. The maximum atomic E-state index is 11.6. The fraction of sp³-hybridized carbons (Fsp3) is 0.312. The fourth-order valence-corrected chi connectivity index (χ4v) is 2.32. The summed E-state index contributed by atoms with van der Waals surface area (Å²) in [5.74, 6) is -0.556. The zero-order chi connectivity index (χ0) is 14.7. The van der Waals surface area contributed by atoms with Crippen molar-refractivity contribution in [1.82, 2.24) is 0 Å². The van der Waals surface area contributed by atoms with Crippen LogP contribution in [0.15, 0.2) is 36.4 Å². The van der Waals surface area contributed by atoms with E-state index in [-0.39, 0.29) is 0 Å². The minimum Gasteiger partial charge on any atom is -0.496 e. The van der Waals surface area contributed by atoms with Gasteiger partial charge in [0.2, 0.25) is 0 Å². The van der Waals surface area contributed by atoms with E-state index in [0.717, 1.165) is 10.8 Å². The Hall–Kier alpha value is -2.07. The molecule has 0 aromatic heterocycles. The molecule has 2 aromatic rings. The smallest absolute Gasteiger partial charge is 0.311 e. The predicted molar refractivity (Wildman–Crippen MR) is 76.6 cm³/mol. The number of carbonyl (C=O) groups is 1. The van der Waals surface area contributed by atoms with Gasteiger partial charge in [-0.1, -0.05) is 30.3 Å². The van der Waals surface area contributed by atoms with Crippen LogP contribution in [0.5, 0.6) is 5.75 Å². The lowest BCUT2D eigenvalue weighted by atomic mass is 9.92. The molecule has 4 nitrogen and oxygen atoms in total. The van der Waals surface area contributed by atoms with Crippen molar-refractivity contribution < 1.29 is 19.4 Å². The van der Waals surface area contributed by atoms with E-state index in [2.05, 4.69) is 0 Å². The van der Waals surface area contributed by atoms with Crippen LogP contribution in [0.1, 0.15) is 18.6 Å². The number of hydrogen-bond donors (Lipinski definition) is 1. The number of methoxy groups -OCH3 is 2. The van der Waals surface area contributed by atoms with Gasteiger partial charge in [-0.05, 0) is 23.8 Å². The van der Waals surface area contributed by atoms with E-state index in [0.29, 0.717) is 11.3 Å². The van der Waals surface area contributed by atoms with Crippen LogP contribution in [0.25, 0.3) is 10.8 Å². The third-order valence-electron chi connectivity index (χ3n) is 3.49. The van der Waals surface area contributed by atoms with E-state index in [4.69, 9.17) is 9.47 Å². The molecule has 0 spiro atoms. The molecule has 0 radical (unpaired) electrons. The van der Waals surface area contributed by atoms with Crippen molar-refractivity contribution >= 4 is 16.7 Å². The number of benzene rings is 2. The molecule has 2 rings (SSSR count). The monoisotopic (exact) mass is 274 g/mol. The molecular formula is C16H18O4. The molecule has 2 atom stereocenters. The molecule has 2 aromatic carbocycles. The standard InChI is InChI=1S/C16H18O4/c1-10(16(18)20-3)15(17)14-12-7-5-4-6-11(12)8-9-13(14)19-2/h4-10,15,17H,1-3H3. The van der Waals surface area contributed by atoms with Crippen LogP contribution in [0.3, 0.4) is 0 Å². The molecule has 4 heteroatoms. The summed E-state index contributed by atoms with van der Waals surface area (Å²) >= 11 is 0. The largest absolute Gasteiger partial charge is 0.496 e. The number of ether oxygens (including phenoxy) is 2. The predicted octanol–water partition coefficient (Wildman–Crippen LogP) is 2.69. The summed E-state index contributed by atoms with van der Waals surface area (Å²) in [4.78, 5) is 11.6. The first-order valence-corrected chi connectivity index (χ1v) is 6.41. The summed E-state index contributed by atoms with van der Waals surface area (Å²) < 4.78 is 10.0. The van der Waals surface area contributed by atoms with Crippen molar-refractivity contribution in [1.29, 1.82) is 0 Å². The van der Waals surface area contributed by atoms with Crippen LogP contribution < -0.4 is 4.74 Å². The zero-order valence-electron chi connectivity index (χ0n) is 11.8. The highest BCUT2D eigenvalue weighted by Gasteiger charge is 2.28. The van der Waals surface area contributed by atoms with Crippen molar-refractivity contribution in [2.24, 2.45) is 5.92 Å². The molecule has 0 bridgehead atoms. The molecular weight excluding hydrogens is 256 g/mol. The molecule has 106 valence electrons. The highest BCUT2D eigenvalue weighted by atomic mass is 16.5. The minimum atomic E-state index is -0.983. The summed E-state index contributed by atoms with van der Waals surface area (Å²) in [6.07, 6.45) is -0.983. The van der Waals surface area contributed by atoms with Gasteiger partial charge in [0.1, 0.15) is 5.75 Å². The van der Waals surface area contributed by atoms with E-state index < -0.39 is 18.0 Å². The molecule has 0 fully saturated rings. The Balaban J connectivity index is 2.58. The summed E-state index contributed by atoms with van der Waals surface area (Å²) in [5, 5.41) is 12.4. The number of aliphatic hydroxyl groups is 1. The summed E-state index contributed by atoms with van der Waals surface area (Å²) in [6, 6.07) is 11.4. The first kappa shape index (κ1) is 14.3. The molecule has 0 saturated carbocycles. The number of hydrogen-bond acceptors (Lipinski definition) is 4. The van der Waals surface area contributed by atoms with E-state index in [1.807, 2.05) is 30.3 Å². The van der Waals surface area contributed by atoms with Gasteiger partial charge in [-0.3, -0.25) is 4.79 Å². The van der Waals surface area contributed by atoms with Gasteiger partial charge >= 0.3 is 5.97 Å². The van der Waals surface area contributed by atoms with Crippen LogP contribution >= 0.6 is 0 Å². The number of fused-ring (bicyclic) bond motifs is 1. The lowest BCUT2D eigenvalue weighted by Gasteiger charge is -2.21. The molecule has 0 aliphatic rings. The summed E-state index contributed by atoms with van der Waals surface area (Å²) in [5.41, 5.74) is 0.614. The van der Waals surface area contributed by atoms with Crippen LogP contribution in [0, 0.1) is 5.92 Å². The SMILES string of the molecule is COC(=O)C(C)C(O)c1c(OC)ccc2ccccc12. The van der Waals surface area contributed by atoms with Gasteiger partial charge in [0.15, 0.2) is 0 Å². The van der Waals surface area contributed by atoms with E-state index in [1.165, 1.54) is 7.11 Å². The van der Waals surface area contributed by atoms with Crippen molar-refractivity contribution in [3.63, 3.8) is 0 Å². The van der Waals surface area contributed by atoms with Gasteiger partial charge in [-0.25, -0.2) is 0 Å². The van der Waals surface area contributed by atoms with E-state index in [1.54, 1.807) is 20.1 Å². The Morgan fingerprint density at radius 1 is 1.15 bits per heavy atom. The molecule has 0 aliphatic heterocycles. The van der Waals surface area contributed by atoms with Gasteiger partial charge < -0.3 is 14.6 Å². The maximum Gasteiger partial charge on any atom is 0.311 e. The number of aliphatic hydroxyl groups excluding tert-OH is 1. The highest BCUT2D eigenvalue weighted by Crippen LogP contribution is 2.36. The van der Waals surface area contributed by atoms with Crippen molar-refractivity contribution in [2.45, 2.75) is 13.0 Å². The van der Waals surface area contributed by atoms with Crippen LogP contribution in [0.4, 0.5) is 0 Å². The van der Waals surface area contributed by atoms with Crippen molar-refractivity contribution in [2.75, 3.05) is 14.2 Å². The third-order valence-corrected chi connectivity index (χ3v) is 3.49. The average Bonchev–Trinajstić information content (AvgIpc) is 2.51. The lowest BCUT2D eigenvalue weighted by Crippen LogP contribution is -2.21. The summed E-state index contributed by atoms with van der Waals surface area (Å²) in [7, 11) is 2.86. The molecule has 1 N–H and O–H groups in total. The van der Waals surface area contributed by atoms with Crippen LogP contribution in [-0.4, -0.2) is 25.3 Å². The van der Waals surface area contributed by atoms with Gasteiger partial charge in [0, 0.05) is 5.56 Å². The second kappa shape index (κ2) is 5.92. The summed E-state index contributed by atoms with van der Waals surface area (Å²) in [6.45, 7) is 1.64. The molecule has 0 aliphatic carbocycles. The van der Waals surface area contributed by atoms with Crippen LogP contribution in [-0.2, 0) is 9.53 Å². The van der Waals surface area contributed by atoms with Gasteiger partial charge in [-0.2, -0.15) is 0 Å².